The first-order chi connectivity index (χ1) is 5.46. The molecule has 0 aromatic carbocycles. The Hall–Kier alpha value is -0.340. The number of hydrogen-bond donors (Lipinski definition) is 1. The van der Waals surface area contributed by atoms with Crippen molar-refractivity contribution in [2.75, 3.05) is 0 Å². The highest BCUT2D eigenvalue weighted by atomic mass is 32.1. The normalized spacial score (nSPS) is 32.0. The van der Waals surface area contributed by atoms with E-state index >= 15 is 0 Å². The first-order valence-corrected chi connectivity index (χ1v) is 5.13. The standard InChI is InChI=1S/C10H15NS/c1-7-4-5-8(12-7)10(11)6-9(10,2)3/h4-5H,6,11H2,1-3H3. The summed E-state index contributed by atoms with van der Waals surface area (Å²) in [7, 11) is 0. The summed E-state index contributed by atoms with van der Waals surface area (Å²) < 4.78 is 0. The molecule has 1 unspecified atom stereocenters. The van der Waals surface area contributed by atoms with Crippen LogP contribution in [0.25, 0.3) is 0 Å². The van der Waals surface area contributed by atoms with Gasteiger partial charge in [0.05, 0.1) is 5.54 Å². The van der Waals surface area contributed by atoms with Crippen LogP contribution in [0.2, 0.25) is 0 Å². The zero-order valence-corrected chi connectivity index (χ0v) is 8.66. The molecule has 12 heavy (non-hydrogen) atoms. The monoisotopic (exact) mass is 181 g/mol. The van der Waals surface area contributed by atoms with Crippen molar-refractivity contribution in [3.63, 3.8) is 0 Å². The van der Waals surface area contributed by atoms with Gasteiger partial charge in [-0.15, -0.1) is 11.3 Å². The summed E-state index contributed by atoms with van der Waals surface area (Å²) in [5.41, 5.74) is 6.56. The molecule has 0 radical (unpaired) electrons. The van der Waals surface area contributed by atoms with E-state index in [1.165, 1.54) is 9.75 Å². The van der Waals surface area contributed by atoms with Crippen molar-refractivity contribution in [2.45, 2.75) is 32.7 Å². The van der Waals surface area contributed by atoms with Crippen LogP contribution in [0.5, 0.6) is 0 Å². The van der Waals surface area contributed by atoms with Crippen molar-refractivity contribution in [1.82, 2.24) is 0 Å². The minimum absolute atomic E-state index is 0.0219. The predicted molar refractivity (Wildman–Crippen MR) is 53.3 cm³/mol. The van der Waals surface area contributed by atoms with Crippen LogP contribution in [0.15, 0.2) is 12.1 Å². The Kier molecular flexibility index (Phi) is 1.46. The number of hydrogen-bond acceptors (Lipinski definition) is 2. The van der Waals surface area contributed by atoms with E-state index in [4.69, 9.17) is 5.73 Å². The van der Waals surface area contributed by atoms with Crippen molar-refractivity contribution >= 4 is 11.3 Å². The smallest absolute Gasteiger partial charge is 0.0562 e. The van der Waals surface area contributed by atoms with Gasteiger partial charge in [0.15, 0.2) is 0 Å². The fraction of sp³-hybridized carbons (Fsp3) is 0.600. The topological polar surface area (TPSA) is 26.0 Å². The fourth-order valence-electron chi connectivity index (χ4n) is 1.75. The lowest BCUT2D eigenvalue weighted by Crippen LogP contribution is -2.23. The third-order valence-corrected chi connectivity index (χ3v) is 4.16. The van der Waals surface area contributed by atoms with Gasteiger partial charge in [-0.2, -0.15) is 0 Å². The van der Waals surface area contributed by atoms with Crippen molar-refractivity contribution < 1.29 is 0 Å². The van der Waals surface area contributed by atoms with Crippen LogP contribution in [0.3, 0.4) is 0 Å². The molecule has 2 heteroatoms. The molecule has 1 fully saturated rings. The summed E-state index contributed by atoms with van der Waals surface area (Å²) >= 11 is 1.83. The number of nitrogens with two attached hydrogens (primary N) is 1. The maximum atomic E-state index is 6.27. The van der Waals surface area contributed by atoms with E-state index in [-0.39, 0.29) is 5.54 Å². The molecular formula is C10H15NS. The zero-order chi connectivity index (χ0) is 8.98. The SMILES string of the molecule is Cc1ccc(C2(N)CC2(C)C)s1. The van der Waals surface area contributed by atoms with Gasteiger partial charge in [-0.25, -0.2) is 0 Å². The van der Waals surface area contributed by atoms with Gasteiger partial charge in [-0.1, -0.05) is 13.8 Å². The summed E-state index contributed by atoms with van der Waals surface area (Å²) in [6.45, 7) is 6.61. The molecule has 1 nitrogen and oxygen atoms in total. The maximum Gasteiger partial charge on any atom is 0.0562 e. The predicted octanol–water partition coefficient (Wildman–Crippen LogP) is 2.64. The third kappa shape index (κ3) is 0.947. The summed E-state index contributed by atoms with van der Waals surface area (Å²) in [5, 5.41) is 0. The second-order valence-electron chi connectivity index (χ2n) is 4.44. The Labute approximate surface area is 77.6 Å². The minimum Gasteiger partial charge on any atom is -0.320 e. The Morgan fingerprint density at radius 2 is 2.00 bits per heavy atom. The van der Waals surface area contributed by atoms with Gasteiger partial charge in [0.1, 0.15) is 0 Å². The van der Waals surface area contributed by atoms with Crippen LogP contribution < -0.4 is 5.73 Å². The average molecular weight is 181 g/mol. The first-order valence-electron chi connectivity index (χ1n) is 4.31. The van der Waals surface area contributed by atoms with Crippen LogP contribution in [0.1, 0.15) is 30.0 Å². The van der Waals surface area contributed by atoms with Crippen LogP contribution in [0.4, 0.5) is 0 Å². The van der Waals surface area contributed by atoms with Gasteiger partial charge < -0.3 is 5.73 Å². The largest absolute Gasteiger partial charge is 0.320 e. The molecule has 0 bridgehead atoms. The molecule has 0 spiro atoms. The van der Waals surface area contributed by atoms with Crippen molar-refractivity contribution in [3.05, 3.63) is 21.9 Å². The second kappa shape index (κ2) is 2.12. The highest BCUT2D eigenvalue weighted by molar-refractivity contribution is 7.12. The minimum atomic E-state index is -0.0219. The quantitative estimate of drug-likeness (QED) is 0.708. The summed E-state index contributed by atoms with van der Waals surface area (Å²) in [6, 6.07) is 4.33. The molecule has 1 atom stereocenters. The van der Waals surface area contributed by atoms with Crippen molar-refractivity contribution in [3.8, 4) is 0 Å². The van der Waals surface area contributed by atoms with E-state index in [1.54, 1.807) is 0 Å². The van der Waals surface area contributed by atoms with Gasteiger partial charge in [0, 0.05) is 9.75 Å². The molecule has 1 aliphatic rings. The van der Waals surface area contributed by atoms with E-state index in [0.717, 1.165) is 6.42 Å². The lowest BCUT2D eigenvalue weighted by atomic mass is 10.0. The third-order valence-electron chi connectivity index (χ3n) is 2.98. The molecule has 1 aliphatic carbocycles. The molecule has 66 valence electrons. The van der Waals surface area contributed by atoms with E-state index in [1.807, 2.05) is 11.3 Å². The summed E-state index contributed by atoms with van der Waals surface area (Å²) in [6.07, 6.45) is 1.12. The first kappa shape index (κ1) is 8.27. The molecule has 1 aromatic heterocycles. The Bertz CT molecular complexity index is 313. The molecular weight excluding hydrogens is 166 g/mol. The molecule has 2 N–H and O–H groups in total. The highest BCUT2D eigenvalue weighted by Gasteiger charge is 2.60. The van der Waals surface area contributed by atoms with Gasteiger partial charge in [0.2, 0.25) is 0 Å². The Balaban J connectivity index is 2.34. The number of thiophene rings is 1. The van der Waals surface area contributed by atoms with E-state index in [2.05, 4.69) is 32.9 Å². The molecule has 2 rings (SSSR count). The lowest BCUT2D eigenvalue weighted by molar-refractivity contribution is 0.516. The molecule has 0 aliphatic heterocycles. The van der Waals surface area contributed by atoms with Crippen LogP contribution in [0, 0.1) is 12.3 Å². The Morgan fingerprint density at radius 1 is 1.42 bits per heavy atom. The highest BCUT2D eigenvalue weighted by Crippen LogP contribution is 2.61. The molecule has 0 amide bonds. The molecule has 1 heterocycles. The second-order valence-corrected chi connectivity index (χ2v) is 5.73. The lowest BCUT2D eigenvalue weighted by Gasteiger charge is -2.12. The zero-order valence-electron chi connectivity index (χ0n) is 7.85. The molecule has 1 saturated carbocycles. The number of rotatable bonds is 1. The molecule has 1 aromatic rings. The van der Waals surface area contributed by atoms with Crippen LogP contribution >= 0.6 is 11.3 Å². The molecule has 0 saturated heterocycles. The fourth-order valence-corrected chi connectivity index (χ4v) is 2.90. The van der Waals surface area contributed by atoms with Gasteiger partial charge >= 0.3 is 0 Å². The van der Waals surface area contributed by atoms with E-state index < -0.39 is 0 Å². The van der Waals surface area contributed by atoms with Crippen LogP contribution in [-0.2, 0) is 5.54 Å². The summed E-state index contributed by atoms with van der Waals surface area (Å²) in [5.74, 6) is 0. The Morgan fingerprint density at radius 3 is 2.33 bits per heavy atom. The van der Waals surface area contributed by atoms with Crippen LogP contribution in [-0.4, -0.2) is 0 Å². The van der Waals surface area contributed by atoms with E-state index in [0.29, 0.717) is 5.41 Å². The van der Waals surface area contributed by atoms with Gasteiger partial charge in [-0.3, -0.25) is 0 Å². The average Bonchev–Trinajstić information content (AvgIpc) is 2.37. The van der Waals surface area contributed by atoms with Gasteiger partial charge in [-0.05, 0) is 30.9 Å². The summed E-state index contributed by atoms with van der Waals surface area (Å²) in [4.78, 5) is 2.71. The van der Waals surface area contributed by atoms with Gasteiger partial charge in [0.25, 0.3) is 0 Å². The van der Waals surface area contributed by atoms with Crippen molar-refractivity contribution in [1.29, 1.82) is 0 Å². The maximum absolute atomic E-state index is 6.27. The van der Waals surface area contributed by atoms with E-state index in [9.17, 15) is 0 Å². The number of aryl methyl sites for hydroxylation is 1. The van der Waals surface area contributed by atoms with Crippen molar-refractivity contribution in [2.24, 2.45) is 11.1 Å².